The lowest BCUT2D eigenvalue weighted by Gasteiger charge is -2.19. The summed E-state index contributed by atoms with van der Waals surface area (Å²) in [4.78, 5) is 6.61. The molecule has 1 aromatic heterocycles. The number of halogens is 1. The summed E-state index contributed by atoms with van der Waals surface area (Å²) < 4.78 is 0. The van der Waals surface area contributed by atoms with Crippen molar-refractivity contribution >= 4 is 11.6 Å². The van der Waals surface area contributed by atoms with Crippen LogP contribution in [-0.4, -0.2) is 23.5 Å². The van der Waals surface area contributed by atoms with Crippen LogP contribution in [-0.2, 0) is 5.88 Å². The minimum Gasteiger partial charge on any atom is -0.299 e. The van der Waals surface area contributed by atoms with Crippen LogP contribution in [0.1, 0.15) is 30.0 Å². The van der Waals surface area contributed by atoms with E-state index in [0.29, 0.717) is 11.9 Å². The number of hydrogen-bond acceptors (Lipinski definition) is 2. The van der Waals surface area contributed by atoms with Crippen molar-refractivity contribution in [3.63, 3.8) is 0 Å². The minimum absolute atomic E-state index is 0.547. The van der Waals surface area contributed by atoms with E-state index in [4.69, 9.17) is 11.6 Å². The second-order valence-electron chi connectivity index (χ2n) is 3.90. The summed E-state index contributed by atoms with van der Waals surface area (Å²) in [6.07, 6.45) is 6.32. The van der Waals surface area contributed by atoms with Crippen LogP contribution in [0.2, 0.25) is 0 Å². The number of pyridine rings is 1. The SMILES string of the molecule is CN1CCCC1c1cncc(CCl)c1. The van der Waals surface area contributed by atoms with E-state index in [2.05, 4.69) is 23.0 Å². The van der Waals surface area contributed by atoms with Crippen LogP contribution in [0.4, 0.5) is 0 Å². The Morgan fingerprint density at radius 3 is 3.07 bits per heavy atom. The molecule has 1 aromatic rings. The Hall–Kier alpha value is -0.600. The van der Waals surface area contributed by atoms with Crippen molar-refractivity contribution in [3.8, 4) is 0 Å². The summed E-state index contributed by atoms with van der Waals surface area (Å²) in [6.45, 7) is 1.19. The number of rotatable bonds is 2. The zero-order valence-corrected chi connectivity index (χ0v) is 9.17. The molecule has 0 N–H and O–H groups in total. The third kappa shape index (κ3) is 1.91. The highest BCUT2D eigenvalue weighted by molar-refractivity contribution is 6.17. The Bertz CT molecular complexity index is 314. The fourth-order valence-electron chi connectivity index (χ4n) is 2.09. The van der Waals surface area contributed by atoms with Gasteiger partial charge in [0.1, 0.15) is 0 Å². The second kappa shape index (κ2) is 4.28. The van der Waals surface area contributed by atoms with Gasteiger partial charge < -0.3 is 0 Å². The number of aromatic nitrogens is 1. The first-order valence-corrected chi connectivity index (χ1v) is 5.54. The van der Waals surface area contributed by atoms with Crippen LogP contribution in [0.15, 0.2) is 18.5 Å². The summed E-state index contributed by atoms with van der Waals surface area (Å²) in [5, 5.41) is 0. The molecule has 0 amide bonds. The summed E-state index contributed by atoms with van der Waals surface area (Å²) >= 11 is 5.79. The van der Waals surface area contributed by atoms with Gasteiger partial charge in [-0.1, -0.05) is 0 Å². The Labute approximate surface area is 89.9 Å². The fraction of sp³-hybridized carbons (Fsp3) is 0.545. The summed E-state index contributed by atoms with van der Waals surface area (Å²) in [5.74, 6) is 0.553. The third-order valence-electron chi connectivity index (χ3n) is 2.88. The normalized spacial score (nSPS) is 22.9. The van der Waals surface area contributed by atoms with E-state index in [-0.39, 0.29) is 0 Å². The molecule has 1 aliphatic heterocycles. The largest absolute Gasteiger partial charge is 0.299 e. The summed E-state index contributed by atoms with van der Waals surface area (Å²) in [5.41, 5.74) is 2.42. The lowest BCUT2D eigenvalue weighted by atomic mass is 10.1. The highest BCUT2D eigenvalue weighted by Gasteiger charge is 2.22. The Morgan fingerprint density at radius 1 is 1.57 bits per heavy atom. The summed E-state index contributed by atoms with van der Waals surface area (Å²) in [7, 11) is 2.17. The first-order chi connectivity index (χ1) is 6.81. The molecule has 2 heterocycles. The molecule has 0 radical (unpaired) electrons. The van der Waals surface area contributed by atoms with Crippen molar-refractivity contribution in [2.45, 2.75) is 24.8 Å². The minimum atomic E-state index is 0.547. The van der Waals surface area contributed by atoms with Gasteiger partial charge in [-0.25, -0.2) is 0 Å². The van der Waals surface area contributed by atoms with E-state index in [0.717, 1.165) is 5.56 Å². The van der Waals surface area contributed by atoms with Crippen molar-refractivity contribution in [2.75, 3.05) is 13.6 Å². The van der Waals surface area contributed by atoms with E-state index >= 15 is 0 Å². The average Bonchev–Trinajstić information content (AvgIpc) is 2.65. The molecule has 0 aromatic carbocycles. The van der Waals surface area contributed by atoms with Crippen LogP contribution < -0.4 is 0 Å². The zero-order chi connectivity index (χ0) is 9.97. The highest BCUT2D eigenvalue weighted by atomic mass is 35.5. The zero-order valence-electron chi connectivity index (χ0n) is 8.41. The molecule has 1 aliphatic rings. The van der Waals surface area contributed by atoms with E-state index < -0.39 is 0 Å². The molecule has 0 saturated carbocycles. The maximum Gasteiger partial charge on any atom is 0.0489 e. The van der Waals surface area contributed by atoms with Crippen molar-refractivity contribution in [1.29, 1.82) is 0 Å². The molecule has 1 saturated heterocycles. The van der Waals surface area contributed by atoms with E-state index in [1.165, 1.54) is 24.9 Å². The maximum atomic E-state index is 5.79. The smallest absolute Gasteiger partial charge is 0.0489 e. The molecule has 2 rings (SSSR count). The number of likely N-dealkylation sites (tertiary alicyclic amines) is 1. The average molecular weight is 211 g/mol. The molecule has 1 atom stereocenters. The predicted octanol–water partition coefficient (Wildman–Crippen LogP) is 2.59. The van der Waals surface area contributed by atoms with Crippen LogP contribution in [0.25, 0.3) is 0 Å². The molecular formula is C11H15ClN2. The number of hydrogen-bond donors (Lipinski definition) is 0. The van der Waals surface area contributed by atoms with Crippen LogP contribution in [0, 0.1) is 0 Å². The predicted molar refractivity (Wildman–Crippen MR) is 58.4 cm³/mol. The molecule has 0 spiro atoms. The van der Waals surface area contributed by atoms with Crippen molar-refractivity contribution < 1.29 is 0 Å². The monoisotopic (exact) mass is 210 g/mol. The first kappa shape index (κ1) is 9.94. The molecule has 14 heavy (non-hydrogen) atoms. The lowest BCUT2D eigenvalue weighted by Crippen LogP contribution is -2.17. The van der Waals surface area contributed by atoms with Gasteiger partial charge in [0.05, 0.1) is 0 Å². The Balaban J connectivity index is 2.22. The molecular weight excluding hydrogens is 196 g/mol. The van der Waals surface area contributed by atoms with Gasteiger partial charge in [0.25, 0.3) is 0 Å². The Morgan fingerprint density at radius 2 is 2.43 bits per heavy atom. The van der Waals surface area contributed by atoms with Gasteiger partial charge in [-0.3, -0.25) is 9.88 Å². The fourth-order valence-corrected chi connectivity index (χ4v) is 2.24. The summed E-state index contributed by atoms with van der Waals surface area (Å²) in [6, 6.07) is 2.72. The molecule has 2 nitrogen and oxygen atoms in total. The van der Waals surface area contributed by atoms with Gasteiger partial charge in [-0.05, 0) is 43.6 Å². The van der Waals surface area contributed by atoms with Crippen molar-refractivity contribution in [2.24, 2.45) is 0 Å². The van der Waals surface area contributed by atoms with Crippen LogP contribution in [0.5, 0.6) is 0 Å². The lowest BCUT2D eigenvalue weighted by molar-refractivity contribution is 0.317. The third-order valence-corrected chi connectivity index (χ3v) is 3.18. The van der Waals surface area contributed by atoms with Gasteiger partial charge in [-0.15, -0.1) is 11.6 Å². The van der Waals surface area contributed by atoms with Crippen LogP contribution >= 0.6 is 11.6 Å². The molecule has 76 valence electrons. The standard InChI is InChI=1S/C11H15ClN2/c1-14-4-2-3-11(14)10-5-9(6-12)7-13-8-10/h5,7-8,11H,2-4,6H2,1H3. The van der Waals surface area contributed by atoms with Crippen LogP contribution in [0.3, 0.4) is 0 Å². The van der Waals surface area contributed by atoms with Gasteiger partial charge in [0, 0.05) is 24.3 Å². The first-order valence-electron chi connectivity index (χ1n) is 5.01. The van der Waals surface area contributed by atoms with E-state index in [9.17, 15) is 0 Å². The van der Waals surface area contributed by atoms with Gasteiger partial charge >= 0.3 is 0 Å². The van der Waals surface area contributed by atoms with Crippen molar-refractivity contribution in [3.05, 3.63) is 29.6 Å². The van der Waals surface area contributed by atoms with Crippen molar-refractivity contribution in [1.82, 2.24) is 9.88 Å². The molecule has 1 unspecified atom stereocenters. The quantitative estimate of drug-likeness (QED) is 0.698. The van der Waals surface area contributed by atoms with E-state index in [1.54, 1.807) is 0 Å². The van der Waals surface area contributed by atoms with Gasteiger partial charge in [0.2, 0.25) is 0 Å². The molecule has 0 aliphatic carbocycles. The highest BCUT2D eigenvalue weighted by Crippen LogP contribution is 2.30. The maximum absolute atomic E-state index is 5.79. The number of nitrogens with zero attached hydrogens (tertiary/aromatic N) is 2. The number of alkyl halides is 1. The second-order valence-corrected chi connectivity index (χ2v) is 4.17. The topological polar surface area (TPSA) is 16.1 Å². The molecule has 3 heteroatoms. The molecule has 1 fully saturated rings. The van der Waals surface area contributed by atoms with Gasteiger partial charge in [-0.2, -0.15) is 0 Å². The Kier molecular flexibility index (Phi) is 3.04. The van der Waals surface area contributed by atoms with Gasteiger partial charge in [0.15, 0.2) is 0 Å². The molecule has 0 bridgehead atoms. The van der Waals surface area contributed by atoms with E-state index in [1.807, 2.05) is 12.4 Å².